The molecule has 0 spiro atoms. The zero-order valence-corrected chi connectivity index (χ0v) is 10.8. The fraction of sp³-hybridized carbons (Fsp3) is 0.333. The van der Waals surface area contributed by atoms with E-state index >= 15 is 0 Å². The average Bonchev–Trinajstić information content (AvgIpc) is 2.97. The van der Waals surface area contributed by atoms with E-state index < -0.39 is 0 Å². The second-order valence-electron chi connectivity index (χ2n) is 4.65. The van der Waals surface area contributed by atoms with Gasteiger partial charge in [-0.05, 0) is 24.3 Å². The zero-order valence-electron chi connectivity index (χ0n) is 10.8. The Morgan fingerprint density at radius 2 is 2.16 bits per heavy atom. The maximum absolute atomic E-state index is 5.92. The van der Waals surface area contributed by atoms with Crippen molar-refractivity contribution < 1.29 is 9.15 Å². The number of rotatable bonds is 5. The molecule has 0 saturated carbocycles. The number of ether oxygens (including phenoxy) is 1. The fourth-order valence-corrected chi connectivity index (χ4v) is 2.20. The summed E-state index contributed by atoms with van der Waals surface area (Å²) in [5, 5.41) is 6.78. The topological polar surface area (TPSA) is 46.4 Å². The monoisotopic (exact) mass is 258 g/mol. The predicted octanol–water partition coefficient (Wildman–Crippen LogP) is 2.28. The number of para-hydroxylation sites is 2. The predicted molar refractivity (Wildman–Crippen MR) is 74.6 cm³/mol. The highest BCUT2D eigenvalue weighted by molar-refractivity contribution is 5.57. The lowest BCUT2D eigenvalue weighted by Gasteiger charge is -2.27. The van der Waals surface area contributed by atoms with Crippen LogP contribution in [0.25, 0.3) is 0 Å². The SMILES string of the molecule is c1coc(CCNCC2CNc3ccccc3O2)c1. The Hall–Kier alpha value is -1.94. The molecule has 1 aliphatic heterocycles. The second-order valence-corrected chi connectivity index (χ2v) is 4.65. The van der Waals surface area contributed by atoms with Crippen LogP contribution >= 0.6 is 0 Å². The molecule has 4 nitrogen and oxygen atoms in total. The van der Waals surface area contributed by atoms with Gasteiger partial charge in [-0.25, -0.2) is 0 Å². The molecule has 1 aromatic carbocycles. The van der Waals surface area contributed by atoms with Crippen LogP contribution in [0.3, 0.4) is 0 Å². The molecule has 4 heteroatoms. The molecule has 0 aliphatic carbocycles. The summed E-state index contributed by atoms with van der Waals surface area (Å²) in [6.45, 7) is 2.57. The molecule has 1 atom stereocenters. The lowest BCUT2D eigenvalue weighted by Crippen LogP contribution is -2.40. The Kier molecular flexibility index (Phi) is 3.70. The number of fused-ring (bicyclic) bond motifs is 1. The van der Waals surface area contributed by atoms with Gasteiger partial charge in [0.05, 0.1) is 18.5 Å². The fourth-order valence-electron chi connectivity index (χ4n) is 2.20. The van der Waals surface area contributed by atoms with Crippen LogP contribution in [0.15, 0.2) is 47.1 Å². The van der Waals surface area contributed by atoms with Crippen LogP contribution < -0.4 is 15.4 Å². The molecule has 100 valence electrons. The molecule has 0 saturated heterocycles. The van der Waals surface area contributed by atoms with Crippen LogP contribution in [-0.4, -0.2) is 25.7 Å². The lowest BCUT2D eigenvalue weighted by molar-refractivity contribution is 0.202. The van der Waals surface area contributed by atoms with Gasteiger partial charge in [-0.1, -0.05) is 12.1 Å². The molecule has 1 aromatic heterocycles. The standard InChI is InChI=1S/C15H18N2O2/c1-2-6-15-14(5-1)17-11-13(19-15)10-16-8-7-12-4-3-9-18-12/h1-6,9,13,16-17H,7-8,10-11H2. The number of furan rings is 1. The van der Waals surface area contributed by atoms with Gasteiger partial charge in [0.2, 0.25) is 0 Å². The minimum atomic E-state index is 0.173. The summed E-state index contributed by atoms with van der Waals surface area (Å²) >= 11 is 0. The van der Waals surface area contributed by atoms with Gasteiger partial charge in [0, 0.05) is 19.5 Å². The van der Waals surface area contributed by atoms with Gasteiger partial charge in [0.15, 0.2) is 0 Å². The van der Waals surface area contributed by atoms with Crippen molar-refractivity contribution in [3.8, 4) is 5.75 Å². The first-order chi connectivity index (χ1) is 9.42. The van der Waals surface area contributed by atoms with Crippen LogP contribution in [0.4, 0.5) is 5.69 Å². The number of benzene rings is 1. The maximum atomic E-state index is 5.92. The van der Waals surface area contributed by atoms with E-state index in [1.807, 2.05) is 36.4 Å². The van der Waals surface area contributed by atoms with Crippen molar-refractivity contribution in [3.63, 3.8) is 0 Å². The molecular formula is C15H18N2O2. The summed E-state index contributed by atoms with van der Waals surface area (Å²) in [5.74, 6) is 1.95. The minimum Gasteiger partial charge on any atom is -0.485 e. The van der Waals surface area contributed by atoms with Gasteiger partial charge in [0.25, 0.3) is 0 Å². The molecule has 0 fully saturated rings. The Labute approximate surface area is 112 Å². The summed E-state index contributed by atoms with van der Waals surface area (Å²) in [4.78, 5) is 0. The molecular weight excluding hydrogens is 240 g/mol. The molecule has 2 heterocycles. The largest absolute Gasteiger partial charge is 0.485 e. The Bertz CT molecular complexity index is 511. The van der Waals surface area contributed by atoms with Crippen molar-refractivity contribution >= 4 is 5.69 Å². The van der Waals surface area contributed by atoms with Crippen molar-refractivity contribution in [2.24, 2.45) is 0 Å². The van der Waals surface area contributed by atoms with Gasteiger partial charge >= 0.3 is 0 Å². The van der Waals surface area contributed by atoms with E-state index in [2.05, 4.69) is 10.6 Å². The van der Waals surface area contributed by atoms with Crippen molar-refractivity contribution in [2.45, 2.75) is 12.5 Å². The molecule has 1 aliphatic rings. The third kappa shape index (κ3) is 3.09. The number of hydrogen-bond acceptors (Lipinski definition) is 4. The smallest absolute Gasteiger partial charge is 0.142 e. The van der Waals surface area contributed by atoms with E-state index in [0.29, 0.717) is 0 Å². The quantitative estimate of drug-likeness (QED) is 0.808. The summed E-state index contributed by atoms with van der Waals surface area (Å²) in [6.07, 6.45) is 2.79. The normalized spacial score (nSPS) is 17.4. The summed E-state index contributed by atoms with van der Waals surface area (Å²) in [5.41, 5.74) is 1.08. The molecule has 0 radical (unpaired) electrons. The molecule has 0 bridgehead atoms. The highest BCUT2D eigenvalue weighted by Crippen LogP contribution is 2.27. The van der Waals surface area contributed by atoms with E-state index in [0.717, 1.165) is 43.3 Å². The minimum absolute atomic E-state index is 0.173. The first-order valence-corrected chi connectivity index (χ1v) is 6.64. The van der Waals surface area contributed by atoms with Crippen LogP contribution in [0.5, 0.6) is 5.75 Å². The lowest BCUT2D eigenvalue weighted by atomic mass is 10.2. The highest BCUT2D eigenvalue weighted by atomic mass is 16.5. The first kappa shape index (κ1) is 12.1. The molecule has 0 amide bonds. The Morgan fingerprint density at radius 1 is 1.21 bits per heavy atom. The summed E-state index contributed by atoms with van der Waals surface area (Å²) in [7, 11) is 0. The van der Waals surface area contributed by atoms with E-state index in [-0.39, 0.29) is 6.10 Å². The number of nitrogens with one attached hydrogen (secondary N) is 2. The van der Waals surface area contributed by atoms with Crippen molar-refractivity contribution in [3.05, 3.63) is 48.4 Å². The maximum Gasteiger partial charge on any atom is 0.142 e. The second kappa shape index (κ2) is 5.80. The molecule has 2 aromatic rings. The third-order valence-electron chi connectivity index (χ3n) is 3.20. The van der Waals surface area contributed by atoms with Crippen LogP contribution in [0, 0.1) is 0 Å². The number of anilines is 1. The molecule has 1 unspecified atom stereocenters. The van der Waals surface area contributed by atoms with Gasteiger partial charge < -0.3 is 19.8 Å². The highest BCUT2D eigenvalue weighted by Gasteiger charge is 2.17. The van der Waals surface area contributed by atoms with Crippen LogP contribution in [0.1, 0.15) is 5.76 Å². The Balaban J connectivity index is 1.42. The molecule has 19 heavy (non-hydrogen) atoms. The first-order valence-electron chi connectivity index (χ1n) is 6.64. The van der Waals surface area contributed by atoms with Gasteiger partial charge in [-0.15, -0.1) is 0 Å². The zero-order chi connectivity index (χ0) is 12.9. The third-order valence-corrected chi connectivity index (χ3v) is 3.20. The van der Waals surface area contributed by atoms with Crippen molar-refractivity contribution in [1.29, 1.82) is 0 Å². The van der Waals surface area contributed by atoms with Crippen molar-refractivity contribution in [2.75, 3.05) is 25.0 Å². The van der Waals surface area contributed by atoms with E-state index in [1.165, 1.54) is 0 Å². The summed E-state index contributed by atoms with van der Waals surface area (Å²) in [6, 6.07) is 12.0. The van der Waals surface area contributed by atoms with E-state index in [1.54, 1.807) is 6.26 Å². The Morgan fingerprint density at radius 3 is 3.05 bits per heavy atom. The van der Waals surface area contributed by atoms with Gasteiger partial charge in [-0.2, -0.15) is 0 Å². The molecule has 3 rings (SSSR count). The number of hydrogen-bond donors (Lipinski definition) is 2. The van der Waals surface area contributed by atoms with Crippen LogP contribution in [-0.2, 0) is 6.42 Å². The van der Waals surface area contributed by atoms with Gasteiger partial charge in [-0.3, -0.25) is 0 Å². The summed E-state index contributed by atoms with van der Waals surface area (Å²) < 4.78 is 11.2. The average molecular weight is 258 g/mol. The van der Waals surface area contributed by atoms with E-state index in [4.69, 9.17) is 9.15 Å². The van der Waals surface area contributed by atoms with E-state index in [9.17, 15) is 0 Å². The molecule has 2 N–H and O–H groups in total. The van der Waals surface area contributed by atoms with Crippen molar-refractivity contribution in [1.82, 2.24) is 5.32 Å². The van der Waals surface area contributed by atoms with Crippen LogP contribution in [0.2, 0.25) is 0 Å². The van der Waals surface area contributed by atoms with Gasteiger partial charge in [0.1, 0.15) is 17.6 Å².